The van der Waals surface area contributed by atoms with Crippen molar-refractivity contribution in [1.82, 2.24) is 15.3 Å². The van der Waals surface area contributed by atoms with Crippen LogP contribution in [0.25, 0.3) is 0 Å². The van der Waals surface area contributed by atoms with E-state index in [2.05, 4.69) is 15.3 Å². The van der Waals surface area contributed by atoms with Crippen molar-refractivity contribution in [1.29, 1.82) is 0 Å². The van der Waals surface area contributed by atoms with Gasteiger partial charge in [-0.05, 0) is 12.1 Å². The zero-order chi connectivity index (χ0) is 13.0. The van der Waals surface area contributed by atoms with Crippen LogP contribution in [0, 0.1) is 0 Å². The van der Waals surface area contributed by atoms with Crippen LogP contribution in [-0.2, 0) is 6.42 Å². The van der Waals surface area contributed by atoms with Gasteiger partial charge in [-0.1, -0.05) is 29.3 Å². The summed E-state index contributed by atoms with van der Waals surface area (Å²) in [7, 11) is 0. The summed E-state index contributed by atoms with van der Waals surface area (Å²) in [6.45, 7) is 0.466. The minimum absolute atomic E-state index is 0.280. The number of carbonyl (C=O) groups excluding carboxylic acids is 1. The number of benzene rings is 1. The highest BCUT2D eigenvalue weighted by Gasteiger charge is 2.13. The zero-order valence-corrected chi connectivity index (χ0v) is 10.9. The van der Waals surface area contributed by atoms with Crippen molar-refractivity contribution in [2.75, 3.05) is 6.54 Å². The molecule has 1 aromatic carbocycles. The molecule has 0 fully saturated rings. The summed E-state index contributed by atoms with van der Waals surface area (Å²) in [4.78, 5) is 18.9. The molecule has 1 amide bonds. The first-order valence-electron chi connectivity index (χ1n) is 5.39. The number of amides is 1. The number of aromatic amines is 1. The summed E-state index contributed by atoms with van der Waals surface area (Å²) in [5.74, 6) is 0.540. The van der Waals surface area contributed by atoms with Crippen molar-refractivity contribution in [3.05, 3.63) is 52.0 Å². The highest BCUT2D eigenvalue weighted by Crippen LogP contribution is 2.23. The van der Waals surface area contributed by atoms with Gasteiger partial charge >= 0.3 is 0 Å². The lowest BCUT2D eigenvalue weighted by Gasteiger charge is -2.07. The first-order valence-corrected chi connectivity index (χ1v) is 6.14. The fourth-order valence-electron chi connectivity index (χ4n) is 1.53. The molecular formula is C12H11Cl2N3O. The summed E-state index contributed by atoms with van der Waals surface area (Å²) >= 11 is 11.9. The smallest absolute Gasteiger partial charge is 0.254 e. The third-order valence-corrected chi connectivity index (χ3v) is 3.02. The van der Waals surface area contributed by atoms with Gasteiger partial charge in [0.1, 0.15) is 5.82 Å². The van der Waals surface area contributed by atoms with E-state index in [-0.39, 0.29) is 5.91 Å². The molecule has 0 unspecified atom stereocenters. The monoisotopic (exact) mass is 283 g/mol. The molecule has 0 radical (unpaired) electrons. The van der Waals surface area contributed by atoms with Gasteiger partial charge in [-0.2, -0.15) is 0 Å². The molecule has 0 aliphatic carbocycles. The fraction of sp³-hybridized carbons (Fsp3) is 0.167. The van der Waals surface area contributed by atoms with Gasteiger partial charge in [0.05, 0.1) is 15.6 Å². The molecule has 18 heavy (non-hydrogen) atoms. The predicted molar refractivity (Wildman–Crippen MR) is 71.1 cm³/mol. The maximum atomic E-state index is 11.9. The Kier molecular flexibility index (Phi) is 4.23. The quantitative estimate of drug-likeness (QED) is 0.906. The van der Waals surface area contributed by atoms with Gasteiger partial charge < -0.3 is 10.3 Å². The second-order valence-electron chi connectivity index (χ2n) is 3.64. The molecule has 2 rings (SSSR count). The number of aromatic nitrogens is 2. The van der Waals surface area contributed by atoms with E-state index >= 15 is 0 Å². The minimum atomic E-state index is -0.280. The Labute approximate surface area is 114 Å². The summed E-state index contributed by atoms with van der Waals surface area (Å²) in [6.07, 6.45) is 4.03. The zero-order valence-electron chi connectivity index (χ0n) is 9.41. The SMILES string of the molecule is O=C(NCCc1ncc[nH]1)c1c(Cl)cccc1Cl. The van der Waals surface area contributed by atoms with Crippen LogP contribution in [0.2, 0.25) is 10.0 Å². The molecule has 0 atom stereocenters. The fourth-order valence-corrected chi connectivity index (χ4v) is 2.10. The Morgan fingerprint density at radius 2 is 2.06 bits per heavy atom. The largest absolute Gasteiger partial charge is 0.351 e. The van der Waals surface area contributed by atoms with Gasteiger partial charge in [-0.3, -0.25) is 4.79 Å². The van der Waals surface area contributed by atoms with Crippen molar-refractivity contribution in [2.45, 2.75) is 6.42 Å². The molecule has 0 saturated carbocycles. The maximum absolute atomic E-state index is 11.9. The van der Waals surface area contributed by atoms with Crippen LogP contribution in [0.1, 0.15) is 16.2 Å². The standard InChI is InChI=1S/C12H11Cl2N3O/c13-8-2-1-3-9(14)11(8)12(18)17-5-4-10-15-6-7-16-10/h1-3,6-7H,4-5H2,(H,15,16)(H,17,18). The molecule has 94 valence electrons. The van der Waals surface area contributed by atoms with Crippen molar-refractivity contribution in [3.63, 3.8) is 0 Å². The molecule has 0 aliphatic heterocycles. The van der Waals surface area contributed by atoms with E-state index in [4.69, 9.17) is 23.2 Å². The maximum Gasteiger partial charge on any atom is 0.254 e. The lowest BCUT2D eigenvalue weighted by atomic mass is 10.2. The molecule has 1 aromatic heterocycles. The highest BCUT2D eigenvalue weighted by molar-refractivity contribution is 6.39. The van der Waals surface area contributed by atoms with E-state index in [1.807, 2.05) is 0 Å². The van der Waals surface area contributed by atoms with Crippen molar-refractivity contribution >= 4 is 29.1 Å². The molecule has 1 heterocycles. The number of halogens is 2. The Balaban J connectivity index is 1.96. The Hall–Kier alpha value is -1.52. The van der Waals surface area contributed by atoms with Crippen LogP contribution in [0.3, 0.4) is 0 Å². The number of carbonyl (C=O) groups is 1. The van der Waals surface area contributed by atoms with E-state index in [0.717, 1.165) is 5.82 Å². The van der Waals surface area contributed by atoms with E-state index < -0.39 is 0 Å². The molecule has 6 heteroatoms. The van der Waals surface area contributed by atoms with Crippen LogP contribution in [0.5, 0.6) is 0 Å². The molecule has 2 N–H and O–H groups in total. The van der Waals surface area contributed by atoms with Gasteiger partial charge in [-0.15, -0.1) is 0 Å². The lowest BCUT2D eigenvalue weighted by Crippen LogP contribution is -2.26. The number of nitrogens with zero attached hydrogens (tertiary/aromatic N) is 1. The highest BCUT2D eigenvalue weighted by atomic mass is 35.5. The predicted octanol–water partition coefficient (Wildman–Crippen LogP) is 2.69. The molecule has 4 nitrogen and oxygen atoms in total. The Bertz CT molecular complexity index is 520. The van der Waals surface area contributed by atoms with E-state index in [9.17, 15) is 4.79 Å². The topological polar surface area (TPSA) is 57.8 Å². The third kappa shape index (κ3) is 3.03. The Morgan fingerprint density at radius 1 is 1.33 bits per heavy atom. The summed E-state index contributed by atoms with van der Waals surface area (Å²) in [6, 6.07) is 4.97. The summed E-state index contributed by atoms with van der Waals surface area (Å²) < 4.78 is 0. The molecular weight excluding hydrogens is 273 g/mol. The number of nitrogens with one attached hydrogen (secondary N) is 2. The van der Waals surface area contributed by atoms with Crippen LogP contribution < -0.4 is 5.32 Å². The average Bonchev–Trinajstić information content (AvgIpc) is 2.82. The van der Waals surface area contributed by atoms with Crippen molar-refractivity contribution < 1.29 is 4.79 Å². The van der Waals surface area contributed by atoms with Gasteiger partial charge in [-0.25, -0.2) is 4.98 Å². The normalized spacial score (nSPS) is 10.3. The van der Waals surface area contributed by atoms with E-state index in [0.29, 0.717) is 28.6 Å². The first kappa shape index (κ1) is 12.9. The van der Waals surface area contributed by atoms with Crippen LogP contribution in [0.4, 0.5) is 0 Å². The first-order chi connectivity index (χ1) is 8.68. The number of hydrogen-bond acceptors (Lipinski definition) is 2. The molecule has 0 bridgehead atoms. The van der Waals surface area contributed by atoms with Crippen LogP contribution in [-0.4, -0.2) is 22.4 Å². The second-order valence-corrected chi connectivity index (χ2v) is 4.45. The van der Waals surface area contributed by atoms with Gasteiger partial charge in [0.2, 0.25) is 0 Å². The number of rotatable bonds is 4. The molecule has 2 aromatic rings. The molecule has 0 saturated heterocycles. The van der Waals surface area contributed by atoms with E-state index in [1.165, 1.54) is 0 Å². The third-order valence-electron chi connectivity index (χ3n) is 2.39. The van der Waals surface area contributed by atoms with Crippen molar-refractivity contribution in [2.24, 2.45) is 0 Å². The summed E-state index contributed by atoms with van der Waals surface area (Å²) in [5.41, 5.74) is 0.306. The number of imidazole rings is 1. The number of hydrogen-bond donors (Lipinski definition) is 2. The van der Waals surface area contributed by atoms with Gasteiger partial charge in [0, 0.05) is 25.4 Å². The van der Waals surface area contributed by atoms with Crippen LogP contribution >= 0.6 is 23.2 Å². The Morgan fingerprint density at radius 3 is 2.67 bits per heavy atom. The van der Waals surface area contributed by atoms with E-state index in [1.54, 1.807) is 30.6 Å². The second kappa shape index (κ2) is 5.89. The molecule has 0 aliphatic rings. The summed E-state index contributed by atoms with van der Waals surface area (Å²) in [5, 5.41) is 3.44. The van der Waals surface area contributed by atoms with Gasteiger partial charge in [0.15, 0.2) is 0 Å². The lowest BCUT2D eigenvalue weighted by molar-refractivity contribution is 0.0954. The van der Waals surface area contributed by atoms with Crippen LogP contribution in [0.15, 0.2) is 30.6 Å². The van der Waals surface area contributed by atoms with Crippen molar-refractivity contribution in [3.8, 4) is 0 Å². The molecule has 0 spiro atoms. The van der Waals surface area contributed by atoms with Gasteiger partial charge in [0.25, 0.3) is 5.91 Å². The average molecular weight is 284 g/mol. The number of H-pyrrole nitrogens is 1. The minimum Gasteiger partial charge on any atom is -0.351 e.